The Kier molecular flexibility index (Phi) is 10.1. The second-order valence-corrected chi connectivity index (χ2v) is 13.9. The maximum Gasteiger partial charge on any atom is 0.263 e. The fourth-order valence-electron chi connectivity index (χ4n) is 6.58. The molecule has 2 aliphatic heterocycles. The maximum atomic E-state index is 13.3. The van der Waals surface area contributed by atoms with Crippen LogP contribution in [0.3, 0.4) is 0 Å². The van der Waals surface area contributed by atoms with Crippen molar-refractivity contribution in [2.75, 3.05) is 32.8 Å². The van der Waals surface area contributed by atoms with Crippen LogP contribution in [0.15, 0.2) is 38.5 Å². The van der Waals surface area contributed by atoms with Crippen molar-refractivity contribution in [3.8, 4) is 0 Å². The van der Waals surface area contributed by atoms with Gasteiger partial charge in [0.25, 0.3) is 5.91 Å². The first kappa shape index (κ1) is 30.5. The Hall–Kier alpha value is -1.97. The number of likely N-dealkylation sites (tertiary alicyclic amines) is 2. The number of oxime groups is 1. The SMILES string of the molecule is CC(C)=NOCC(=O)N1CCC(CC(=O)N2CCC([C@H]3c4ncc(Br)cc4CCc4cc(Cl)cc(Br)c43)CC2)CC1. The van der Waals surface area contributed by atoms with E-state index in [-0.39, 0.29) is 24.3 Å². The molecule has 0 unspecified atom stereocenters. The van der Waals surface area contributed by atoms with Gasteiger partial charge in [-0.15, -0.1) is 0 Å². The van der Waals surface area contributed by atoms with E-state index < -0.39 is 0 Å². The van der Waals surface area contributed by atoms with E-state index in [2.05, 4.69) is 54.0 Å². The number of fused-ring (bicyclic) bond motifs is 2. The Morgan fingerprint density at radius 1 is 0.976 bits per heavy atom. The summed E-state index contributed by atoms with van der Waals surface area (Å²) in [6, 6.07) is 6.32. The number of aromatic nitrogens is 1. The van der Waals surface area contributed by atoms with Crippen LogP contribution < -0.4 is 0 Å². The van der Waals surface area contributed by atoms with Gasteiger partial charge in [0.15, 0.2) is 6.61 Å². The summed E-state index contributed by atoms with van der Waals surface area (Å²) in [4.78, 5) is 39.7. The van der Waals surface area contributed by atoms with Crippen molar-refractivity contribution in [3.63, 3.8) is 0 Å². The molecule has 0 bridgehead atoms. The number of hydrogen-bond donors (Lipinski definition) is 0. The molecule has 1 aromatic carbocycles. The lowest BCUT2D eigenvalue weighted by atomic mass is 9.76. The van der Waals surface area contributed by atoms with Crippen molar-refractivity contribution in [1.82, 2.24) is 14.8 Å². The highest BCUT2D eigenvalue weighted by atomic mass is 79.9. The second-order valence-electron chi connectivity index (χ2n) is 11.7. The Labute approximate surface area is 264 Å². The van der Waals surface area contributed by atoms with E-state index in [1.165, 1.54) is 16.7 Å². The lowest BCUT2D eigenvalue weighted by Gasteiger charge is -2.38. The van der Waals surface area contributed by atoms with Crippen LogP contribution in [0.25, 0.3) is 0 Å². The molecule has 0 saturated carbocycles. The Morgan fingerprint density at radius 2 is 1.63 bits per heavy atom. The molecule has 5 rings (SSSR count). The van der Waals surface area contributed by atoms with E-state index >= 15 is 0 Å². The first-order chi connectivity index (χ1) is 19.7. The van der Waals surface area contributed by atoms with Gasteiger partial charge in [0, 0.05) is 58.7 Å². The molecule has 1 atom stereocenters. The van der Waals surface area contributed by atoms with Crippen molar-refractivity contribution in [2.24, 2.45) is 17.0 Å². The first-order valence-electron chi connectivity index (χ1n) is 14.5. The van der Waals surface area contributed by atoms with E-state index in [9.17, 15) is 9.59 Å². The summed E-state index contributed by atoms with van der Waals surface area (Å²) < 4.78 is 2.05. The molecule has 7 nitrogen and oxygen atoms in total. The average Bonchev–Trinajstić information content (AvgIpc) is 3.10. The van der Waals surface area contributed by atoms with Gasteiger partial charge in [-0.3, -0.25) is 14.6 Å². The van der Waals surface area contributed by atoms with Crippen molar-refractivity contribution in [1.29, 1.82) is 0 Å². The lowest BCUT2D eigenvalue weighted by molar-refractivity contribution is -0.138. The second kappa shape index (κ2) is 13.6. The van der Waals surface area contributed by atoms with Gasteiger partial charge in [-0.05, 0) is 115 Å². The van der Waals surface area contributed by atoms with Gasteiger partial charge in [0.05, 0.1) is 11.4 Å². The molecule has 1 aliphatic carbocycles. The summed E-state index contributed by atoms with van der Waals surface area (Å²) >= 11 is 13.9. The highest BCUT2D eigenvalue weighted by molar-refractivity contribution is 9.10. The Bertz CT molecular complexity index is 1320. The molecule has 0 radical (unpaired) electrons. The van der Waals surface area contributed by atoms with E-state index in [1.54, 1.807) is 0 Å². The maximum absolute atomic E-state index is 13.3. The third-order valence-corrected chi connectivity index (χ3v) is 9.95. The summed E-state index contributed by atoms with van der Waals surface area (Å²) in [6.07, 6.45) is 7.89. The Morgan fingerprint density at radius 3 is 2.34 bits per heavy atom. The number of nitrogens with zero attached hydrogens (tertiary/aromatic N) is 4. The molecule has 1 aromatic heterocycles. The van der Waals surface area contributed by atoms with Crippen molar-refractivity contribution in [2.45, 2.75) is 64.7 Å². The standard InChI is InChI=1S/C31H37Br2ClN4O3/c1-19(2)36-41-18-28(40)38-9-5-20(6-10-38)13-27(39)37-11-7-21(8-12-37)30-29-22(15-25(34)16-26(29)33)3-4-23-14-24(32)17-35-31(23)30/h14-17,20-21,30H,3-13,18H2,1-2H3/t30-/m1/s1. The molecule has 2 fully saturated rings. The number of piperidine rings is 2. The van der Waals surface area contributed by atoms with E-state index in [0.717, 1.165) is 77.0 Å². The van der Waals surface area contributed by atoms with Crippen LogP contribution in [0.4, 0.5) is 0 Å². The molecule has 220 valence electrons. The molecular formula is C31H37Br2ClN4O3. The third kappa shape index (κ3) is 7.34. The summed E-state index contributed by atoms with van der Waals surface area (Å²) in [6.45, 7) is 6.49. The molecule has 3 heterocycles. The normalized spacial score (nSPS) is 19.7. The predicted molar refractivity (Wildman–Crippen MR) is 168 cm³/mol. The average molecular weight is 709 g/mol. The van der Waals surface area contributed by atoms with Crippen LogP contribution >= 0.6 is 43.5 Å². The lowest BCUT2D eigenvalue weighted by Crippen LogP contribution is -2.43. The van der Waals surface area contributed by atoms with Gasteiger partial charge in [-0.2, -0.15) is 0 Å². The van der Waals surface area contributed by atoms with Crippen molar-refractivity contribution < 1.29 is 14.4 Å². The number of hydrogen-bond acceptors (Lipinski definition) is 5. The van der Waals surface area contributed by atoms with Crippen LogP contribution in [0.5, 0.6) is 0 Å². The molecule has 2 saturated heterocycles. The number of benzene rings is 1. The number of carbonyl (C=O) groups excluding carboxylic acids is 2. The van der Waals surface area contributed by atoms with E-state index in [0.29, 0.717) is 31.3 Å². The Balaban J connectivity index is 1.20. The van der Waals surface area contributed by atoms with Crippen molar-refractivity contribution >= 4 is 61.0 Å². The third-order valence-electron chi connectivity index (χ3n) is 8.65. The molecule has 2 amide bonds. The molecular weight excluding hydrogens is 672 g/mol. The summed E-state index contributed by atoms with van der Waals surface area (Å²) in [5, 5.41) is 4.59. The van der Waals surface area contributed by atoms with E-state index in [1.807, 2.05) is 31.0 Å². The minimum atomic E-state index is -0.0423. The largest absolute Gasteiger partial charge is 0.386 e. The zero-order chi connectivity index (χ0) is 29.1. The molecule has 2 aromatic rings. The summed E-state index contributed by atoms with van der Waals surface area (Å²) in [5.41, 5.74) is 5.81. The number of rotatable bonds is 6. The predicted octanol–water partition coefficient (Wildman–Crippen LogP) is 6.77. The van der Waals surface area contributed by atoms with Gasteiger partial charge >= 0.3 is 0 Å². The smallest absolute Gasteiger partial charge is 0.263 e. The van der Waals surface area contributed by atoms with Gasteiger partial charge in [0.2, 0.25) is 5.91 Å². The van der Waals surface area contributed by atoms with Gasteiger partial charge in [-0.1, -0.05) is 32.7 Å². The highest BCUT2D eigenvalue weighted by Gasteiger charge is 2.37. The number of aryl methyl sites for hydroxylation is 2. The molecule has 10 heteroatoms. The zero-order valence-corrected chi connectivity index (χ0v) is 27.6. The monoisotopic (exact) mass is 706 g/mol. The highest BCUT2D eigenvalue weighted by Crippen LogP contribution is 2.46. The van der Waals surface area contributed by atoms with Gasteiger partial charge in [0.1, 0.15) is 0 Å². The summed E-state index contributed by atoms with van der Waals surface area (Å²) in [5.74, 6) is 1.06. The minimum absolute atomic E-state index is 0.0317. The molecule has 0 spiro atoms. The van der Waals surface area contributed by atoms with Crippen LogP contribution in [0.1, 0.15) is 74.3 Å². The van der Waals surface area contributed by atoms with Crippen LogP contribution in [0, 0.1) is 11.8 Å². The fraction of sp³-hybridized carbons (Fsp3) is 0.548. The number of halogens is 3. The van der Waals surface area contributed by atoms with E-state index in [4.69, 9.17) is 21.4 Å². The first-order valence-corrected chi connectivity index (χ1v) is 16.5. The van der Waals surface area contributed by atoms with Gasteiger partial charge in [-0.25, -0.2) is 0 Å². The minimum Gasteiger partial charge on any atom is -0.386 e. The summed E-state index contributed by atoms with van der Waals surface area (Å²) in [7, 11) is 0. The number of amides is 2. The van der Waals surface area contributed by atoms with Crippen LogP contribution in [-0.2, 0) is 27.3 Å². The zero-order valence-electron chi connectivity index (χ0n) is 23.7. The molecule has 3 aliphatic rings. The van der Waals surface area contributed by atoms with Crippen LogP contribution in [-0.4, -0.2) is 65.1 Å². The fourth-order valence-corrected chi connectivity index (χ4v) is 8.08. The van der Waals surface area contributed by atoms with Crippen LogP contribution in [0.2, 0.25) is 5.02 Å². The number of pyridine rings is 1. The van der Waals surface area contributed by atoms with Gasteiger partial charge < -0.3 is 14.6 Å². The molecule has 0 N–H and O–H groups in total. The van der Waals surface area contributed by atoms with Crippen molar-refractivity contribution in [3.05, 3.63) is 60.7 Å². The quantitative estimate of drug-likeness (QED) is 0.245. The number of carbonyl (C=O) groups is 2. The molecule has 41 heavy (non-hydrogen) atoms. The topological polar surface area (TPSA) is 75.1 Å².